The molecule has 0 saturated heterocycles. The van der Waals surface area contributed by atoms with Gasteiger partial charge in [0.05, 0.1) is 5.56 Å². The fourth-order valence-corrected chi connectivity index (χ4v) is 1.78. The van der Waals surface area contributed by atoms with Crippen LogP contribution in [0, 0.1) is 0 Å². The molecule has 0 saturated carbocycles. The molecule has 0 amide bonds. The van der Waals surface area contributed by atoms with E-state index in [1.54, 1.807) is 18.2 Å². The van der Waals surface area contributed by atoms with Gasteiger partial charge in [0.25, 0.3) is 0 Å². The summed E-state index contributed by atoms with van der Waals surface area (Å²) in [6.07, 6.45) is -1.86. The zero-order chi connectivity index (χ0) is 16.9. The summed E-state index contributed by atoms with van der Waals surface area (Å²) < 4.78 is 42.2. The van der Waals surface area contributed by atoms with Gasteiger partial charge in [0.1, 0.15) is 12.4 Å². The van der Waals surface area contributed by atoms with E-state index in [0.717, 1.165) is 18.2 Å². The highest BCUT2D eigenvalue weighted by atomic mass is 19.4. The Labute approximate surface area is 130 Å². The Morgan fingerprint density at radius 2 is 1.74 bits per heavy atom. The predicted molar refractivity (Wildman–Crippen MR) is 78.4 cm³/mol. The molecule has 0 atom stereocenters. The van der Waals surface area contributed by atoms with Crippen molar-refractivity contribution in [2.45, 2.75) is 12.8 Å². The van der Waals surface area contributed by atoms with Gasteiger partial charge in [-0.05, 0) is 29.8 Å². The second-order valence-electron chi connectivity index (χ2n) is 4.69. The number of rotatable bonds is 4. The molecule has 0 heterocycles. The van der Waals surface area contributed by atoms with Crippen molar-refractivity contribution < 1.29 is 27.8 Å². The Balaban J connectivity index is 1.91. The second-order valence-corrected chi connectivity index (χ2v) is 4.69. The second kappa shape index (κ2) is 7.00. The van der Waals surface area contributed by atoms with Gasteiger partial charge in [0.2, 0.25) is 0 Å². The minimum atomic E-state index is -4.39. The first-order chi connectivity index (χ1) is 10.9. The van der Waals surface area contributed by atoms with Crippen molar-refractivity contribution >= 4 is 12.0 Å². The molecule has 0 aromatic heterocycles. The summed E-state index contributed by atoms with van der Waals surface area (Å²) in [5.74, 6) is -0.632. The lowest BCUT2D eigenvalue weighted by molar-refractivity contribution is -0.139. The third-order valence-electron chi connectivity index (χ3n) is 3.00. The van der Waals surface area contributed by atoms with Crippen LogP contribution in [0.1, 0.15) is 16.7 Å². The Hall–Kier alpha value is -2.76. The highest BCUT2D eigenvalue weighted by Gasteiger charge is 2.29. The number of halogens is 3. The lowest BCUT2D eigenvalue weighted by Crippen LogP contribution is -2.05. The van der Waals surface area contributed by atoms with Gasteiger partial charge in [0, 0.05) is 11.6 Å². The molecule has 23 heavy (non-hydrogen) atoms. The molecular weight excluding hydrogens is 309 g/mol. The number of esters is 1. The van der Waals surface area contributed by atoms with Crippen LogP contribution in [0.2, 0.25) is 0 Å². The van der Waals surface area contributed by atoms with Gasteiger partial charge >= 0.3 is 12.1 Å². The van der Waals surface area contributed by atoms with E-state index in [9.17, 15) is 23.1 Å². The van der Waals surface area contributed by atoms with Crippen LogP contribution in [0.25, 0.3) is 6.08 Å². The van der Waals surface area contributed by atoms with Crippen LogP contribution in [-0.4, -0.2) is 11.1 Å². The van der Waals surface area contributed by atoms with Crippen LogP contribution in [0.3, 0.4) is 0 Å². The van der Waals surface area contributed by atoms with E-state index in [4.69, 9.17) is 4.74 Å². The number of phenolic OH excluding ortho intramolecular Hbond substituents is 1. The number of hydrogen-bond acceptors (Lipinski definition) is 3. The third kappa shape index (κ3) is 4.88. The van der Waals surface area contributed by atoms with Crippen molar-refractivity contribution in [3.8, 4) is 5.75 Å². The van der Waals surface area contributed by atoms with Gasteiger partial charge in [-0.25, -0.2) is 4.79 Å². The lowest BCUT2D eigenvalue weighted by Gasteiger charge is -2.07. The van der Waals surface area contributed by atoms with E-state index in [-0.39, 0.29) is 12.4 Å². The fraction of sp³-hybridized carbons (Fsp3) is 0.118. The maximum absolute atomic E-state index is 12.4. The number of carbonyl (C=O) groups excluding carboxylic acids is 1. The SMILES string of the molecule is O=C(/C=C/c1ccccc1O)OCc1ccc(C(F)(F)F)cc1. The summed E-state index contributed by atoms with van der Waals surface area (Å²) in [6.45, 7) is -0.137. The summed E-state index contributed by atoms with van der Waals surface area (Å²) >= 11 is 0. The molecule has 0 radical (unpaired) electrons. The van der Waals surface area contributed by atoms with E-state index in [1.165, 1.54) is 24.3 Å². The normalized spacial score (nSPS) is 11.6. The third-order valence-corrected chi connectivity index (χ3v) is 3.00. The number of alkyl halides is 3. The van der Waals surface area contributed by atoms with Crippen LogP contribution in [-0.2, 0) is 22.3 Å². The highest BCUT2D eigenvalue weighted by molar-refractivity contribution is 5.87. The minimum Gasteiger partial charge on any atom is -0.507 e. The summed E-state index contributed by atoms with van der Waals surface area (Å²) in [4.78, 5) is 11.6. The Morgan fingerprint density at radius 1 is 1.09 bits per heavy atom. The van der Waals surface area contributed by atoms with Crippen molar-refractivity contribution in [1.29, 1.82) is 0 Å². The Bertz CT molecular complexity index is 704. The number of hydrogen-bond donors (Lipinski definition) is 1. The van der Waals surface area contributed by atoms with Crippen molar-refractivity contribution in [1.82, 2.24) is 0 Å². The molecule has 0 unspecified atom stereocenters. The largest absolute Gasteiger partial charge is 0.507 e. The van der Waals surface area contributed by atoms with E-state index in [1.807, 2.05) is 0 Å². The molecule has 2 aromatic carbocycles. The molecule has 120 valence electrons. The maximum Gasteiger partial charge on any atom is 0.416 e. The monoisotopic (exact) mass is 322 g/mol. The fourth-order valence-electron chi connectivity index (χ4n) is 1.78. The molecule has 0 aliphatic carbocycles. The van der Waals surface area contributed by atoms with Crippen LogP contribution < -0.4 is 0 Å². The Morgan fingerprint density at radius 3 is 2.35 bits per heavy atom. The van der Waals surface area contributed by atoms with Crippen LogP contribution in [0.5, 0.6) is 5.75 Å². The molecule has 0 aliphatic heterocycles. The van der Waals surface area contributed by atoms with E-state index >= 15 is 0 Å². The summed E-state index contributed by atoms with van der Waals surface area (Å²) in [5, 5.41) is 9.53. The van der Waals surface area contributed by atoms with Gasteiger partial charge in [-0.1, -0.05) is 30.3 Å². The van der Waals surface area contributed by atoms with Gasteiger partial charge < -0.3 is 9.84 Å². The number of ether oxygens (including phenoxy) is 1. The molecule has 0 spiro atoms. The first kappa shape index (κ1) is 16.6. The molecular formula is C17H13F3O3. The van der Waals surface area contributed by atoms with Gasteiger partial charge in [-0.3, -0.25) is 0 Å². The Kier molecular flexibility index (Phi) is 5.05. The van der Waals surface area contributed by atoms with Gasteiger partial charge in [-0.15, -0.1) is 0 Å². The first-order valence-corrected chi connectivity index (χ1v) is 6.65. The average molecular weight is 322 g/mol. The summed E-state index contributed by atoms with van der Waals surface area (Å²) in [6, 6.07) is 10.8. The number of phenols is 1. The number of aromatic hydroxyl groups is 1. The van der Waals surface area contributed by atoms with Crippen LogP contribution >= 0.6 is 0 Å². The smallest absolute Gasteiger partial charge is 0.416 e. The zero-order valence-electron chi connectivity index (χ0n) is 11.9. The number of carbonyl (C=O) groups is 1. The standard InChI is InChI=1S/C17H13F3O3/c18-17(19,20)14-8-5-12(6-9-14)11-23-16(22)10-7-13-3-1-2-4-15(13)21/h1-10,21H,11H2/b10-7+. The molecule has 1 N–H and O–H groups in total. The summed E-state index contributed by atoms with van der Waals surface area (Å²) in [5.41, 5.74) is 0.147. The maximum atomic E-state index is 12.4. The van der Waals surface area contributed by atoms with Crippen LogP contribution in [0.4, 0.5) is 13.2 Å². The highest BCUT2D eigenvalue weighted by Crippen LogP contribution is 2.29. The molecule has 6 heteroatoms. The molecule has 2 rings (SSSR count). The van der Waals surface area contributed by atoms with E-state index < -0.39 is 17.7 Å². The topological polar surface area (TPSA) is 46.5 Å². The quantitative estimate of drug-likeness (QED) is 0.679. The van der Waals surface area contributed by atoms with Crippen molar-refractivity contribution in [2.24, 2.45) is 0 Å². The predicted octanol–water partition coefficient (Wildman–Crippen LogP) is 4.17. The van der Waals surface area contributed by atoms with Crippen molar-refractivity contribution in [3.63, 3.8) is 0 Å². The molecule has 2 aromatic rings. The zero-order valence-corrected chi connectivity index (χ0v) is 11.9. The summed E-state index contributed by atoms with van der Waals surface area (Å²) in [7, 11) is 0. The first-order valence-electron chi connectivity index (χ1n) is 6.65. The molecule has 0 aliphatic rings. The van der Waals surface area contributed by atoms with Crippen molar-refractivity contribution in [2.75, 3.05) is 0 Å². The van der Waals surface area contributed by atoms with Crippen molar-refractivity contribution in [3.05, 3.63) is 71.3 Å². The number of benzene rings is 2. The molecule has 3 nitrogen and oxygen atoms in total. The number of para-hydroxylation sites is 1. The van der Waals surface area contributed by atoms with Gasteiger partial charge in [-0.2, -0.15) is 13.2 Å². The molecule has 0 fully saturated rings. The minimum absolute atomic E-state index is 0.0271. The van der Waals surface area contributed by atoms with E-state index in [0.29, 0.717) is 11.1 Å². The lowest BCUT2D eigenvalue weighted by atomic mass is 10.1. The van der Waals surface area contributed by atoms with E-state index in [2.05, 4.69) is 0 Å². The molecule has 0 bridgehead atoms. The van der Waals surface area contributed by atoms with Gasteiger partial charge in [0.15, 0.2) is 0 Å². The average Bonchev–Trinajstić information content (AvgIpc) is 2.51. The van der Waals surface area contributed by atoms with Crippen LogP contribution in [0.15, 0.2) is 54.6 Å².